The van der Waals surface area contributed by atoms with E-state index in [4.69, 9.17) is 11.2 Å². The average Bonchev–Trinajstić information content (AvgIpc) is 2.77. The molecule has 0 spiro atoms. The van der Waals surface area contributed by atoms with E-state index in [1.165, 1.54) is 12.0 Å². The molecule has 29 heavy (non-hydrogen) atoms. The molecule has 3 aromatic carbocycles. The van der Waals surface area contributed by atoms with Gasteiger partial charge in [0.05, 0.1) is 10.4 Å². The second-order valence-electron chi connectivity index (χ2n) is 5.74. The molecule has 0 saturated carbocycles. The molecule has 0 atom stereocenters. The average molecular weight is 461 g/mol. The number of rotatable bonds is 3. The predicted molar refractivity (Wildman–Crippen MR) is 109 cm³/mol. The maximum Gasteiger partial charge on any atom is 0.211 e. The van der Waals surface area contributed by atoms with Gasteiger partial charge < -0.3 is 0 Å². The molecule has 0 aliphatic rings. The molecule has 0 N–H and O–H groups in total. The van der Waals surface area contributed by atoms with Gasteiger partial charge in [-0.15, -0.1) is 0 Å². The smallest absolute Gasteiger partial charge is 0.211 e. The van der Waals surface area contributed by atoms with Gasteiger partial charge in [-0.25, -0.2) is 19.2 Å². The van der Waals surface area contributed by atoms with E-state index < -0.39 is 11.8 Å². The van der Waals surface area contributed by atoms with Crippen LogP contribution in [0.4, 0.5) is 0 Å². The molecule has 3 rings (SSSR count). The molecule has 141 valence electrons. The van der Waals surface area contributed by atoms with Crippen molar-refractivity contribution in [3.8, 4) is 0 Å². The summed E-state index contributed by atoms with van der Waals surface area (Å²) < 4.78 is 0. The summed E-state index contributed by atoms with van der Waals surface area (Å²) >= 11 is 7.23. The van der Waals surface area contributed by atoms with E-state index in [9.17, 15) is 19.2 Å². The molecule has 0 heterocycles. The molecule has 0 saturated heterocycles. The Bertz CT molecular complexity index is 1350. The second kappa shape index (κ2) is 9.62. The fourth-order valence-electron chi connectivity index (χ4n) is 3.00. The first-order valence-corrected chi connectivity index (χ1v) is 10.7. The fraction of sp³-hybridized carbons (Fsp3) is 0. The van der Waals surface area contributed by atoms with Gasteiger partial charge in [0.15, 0.2) is 0 Å². The van der Waals surface area contributed by atoms with Gasteiger partial charge in [0.1, 0.15) is 61.4 Å². The number of benzene rings is 3. The van der Waals surface area contributed by atoms with Gasteiger partial charge in [0, 0.05) is 23.1 Å². The number of hydrogen-bond donors (Lipinski definition) is 0. The van der Waals surface area contributed by atoms with Gasteiger partial charge in [-0.1, -0.05) is 36.4 Å². The zero-order chi connectivity index (χ0) is 20.1. The molecule has 3 aromatic rings. The first kappa shape index (κ1) is 22.5. The van der Waals surface area contributed by atoms with E-state index in [0.717, 1.165) is 0 Å². The van der Waals surface area contributed by atoms with Crippen LogP contribution in [0.1, 0.15) is 0 Å². The summed E-state index contributed by atoms with van der Waals surface area (Å²) in [6, 6.07) is 19.4. The van der Waals surface area contributed by atoms with Crippen molar-refractivity contribution in [3.63, 3.8) is 0 Å². The van der Waals surface area contributed by atoms with Crippen molar-refractivity contribution in [2.24, 2.45) is 0 Å². The SMILES string of the molecule is O=C=c1cc([P+](Cl)(c2ccccc2)c2ccccc2)c(=C=O)c(=C=O)c1=C=O.[Mn]. The van der Waals surface area contributed by atoms with Crippen LogP contribution in [0.3, 0.4) is 0 Å². The van der Waals surface area contributed by atoms with E-state index in [0.29, 0.717) is 10.6 Å². The van der Waals surface area contributed by atoms with E-state index in [1.807, 2.05) is 12.1 Å². The third-order valence-electron chi connectivity index (χ3n) is 4.28. The summed E-state index contributed by atoms with van der Waals surface area (Å²) in [5, 5.41) is 0.459. The minimum Gasteiger partial charge on any atom is -0.233 e. The molecule has 1 radical (unpaired) electrons. The molecule has 0 unspecified atom stereocenters. The summed E-state index contributed by atoms with van der Waals surface area (Å²) in [5.74, 6) is 6.41. The molecule has 7 heteroatoms. The largest absolute Gasteiger partial charge is 0.233 e. The molecular weight excluding hydrogens is 450 g/mol. The first-order valence-electron chi connectivity index (χ1n) is 8.06. The topological polar surface area (TPSA) is 68.3 Å². The summed E-state index contributed by atoms with van der Waals surface area (Å²) in [5.41, 5.74) is 0. The van der Waals surface area contributed by atoms with Crippen molar-refractivity contribution in [3.05, 3.63) is 87.6 Å². The molecule has 0 aromatic heterocycles. The van der Waals surface area contributed by atoms with E-state index in [2.05, 4.69) is 0 Å². The van der Waals surface area contributed by atoms with Crippen LogP contribution in [0, 0.1) is 0 Å². The Morgan fingerprint density at radius 3 is 1.45 bits per heavy atom. The Balaban J connectivity index is 0.00000300. The minimum absolute atomic E-state index is 0. The van der Waals surface area contributed by atoms with Crippen molar-refractivity contribution in [1.82, 2.24) is 0 Å². The standard InChI is InChI=1S/C22H11ClO4P.Mn/c23-28(17-7-3-1-4-8-17,18-9-5-2-6-10-18)22-11-16(12-24)19(13-25)20(14-26)21(22)15-27;/h1-11H;/q+1;. The van der Waals surface area contributed by atoms with Crippen LogP contribution < -0.4 is 36.8 Å². The van der Waals surface area contributed by atoms with E-state index in [1.54, 1.807) is 66.4 Å². The summed E-state index contributed by atoms with van der Waals surface area (Å²) in [7, 11) is 0. The Morgan fingerprint density at radius 2 is 1.07 bits per heavy atom. The zero-order valence-corrected chi connectivity index (χ0v) is 17.5. The third-order valence-corrected chi connectivity index (χ3v) is 9.03. The number of hydrogen-bond acceptors (Lipinski definition) is 4. The number of carbonyl (C=O) groups excluding carboxylic acids is 4. The predicted octanol–water partition coefficient (Wildman–Crippen LogP) is -1.86. The van der Waals surface area contributed by atoms with Crippen molar-refractivity contribution in [2.75, 3.05) is 0 Å². The Labute approximate surface area is 181 Å². The van der Waals surface area contributed by atoms with Crippen LogP contribution in [0.25, 0.3) is 0 Å². The molecular formula is C22H11ClMnO4P+. The van der Waals surface area contributed by atoms with Crippen molar-refractivity contribution >= 4 is 57.5 Å². The molecule has 0 aliphatic carbocycles. The van der Waals surface area contributed by atoms with Gasteiger partial charge in [-0.05, 0) is 24.3 Å². The van der Waals surface area contributed by atoms with Crippen LogP contribution in [-0.4, -0.2) is 23.8 Å². The Kier molecular flexibility index (Phi) is 7.46. The number of halogens is 1. The fourth-order valence-corrected chi connectivity index (χ4v) is 6.87. The third kappa shape index (κ3) is 3.88. The van der Waals surface area contributed by atoms with Gasteiger partial charge in [0.2, 0.25) is 6.62 Å². The van der Waals surface area contributed by atoms with Crippen LogP contribution in [0.2, 0.25) is 0 Å². The van der Waals surface area contributed by atoms with Gasteiger partial charge >= 0.3 is 0 Å². The molecule has 0 fully saturated rings. The molecule has 0 aliphatic heterocycles. The monoisotopic (exact) mass is 460 g/mol. The van der Waals surface area contributed by atoms with Crippen molar-refractivity contribution in [2.45, 2.75) is 0 Å². The molecule has 0 amide bonds. The van der Waals surface area contributed by atoms with Crippen LogP contribution in [0.5, 0.6) is 0 Å². The second-order valence-corrected chi connectivity index (χ2v) is 9.95. The van der Waals surface area contributed by atoms with Crippen LogP contribution in [-0.2, 0) is 36.2 Å². The van der Waals surface area contributed by atoms with Crippen LogP contribution >= 0.6 is 17.9 Å². The normalized spacial score (nSPS) is 9.97. The summed E-state index contributed by atoms with van der Waals surface area (Å²) in [6.45, 7) is -2.97. The first-order chi connectivity index (χ1) is 13.6. The quantitative estimate of drug-likeness (QED) is 0.340. The Morgan fingerprint density at radius 1 is 0.621 bits per heavy atom. The minimum atomic E-state index is -2.97. The Hall–Kier alpha value is -2.78. The van der Waals surface area contributed by atoms with Crippen molar-refractivity contribution in [1.29, 1.82) is 0 Å². The summed E-state index contributed by atoms with van der Waals surface area (Å²) in [6.07, 6.45) is 0. The maximum absolute atomic E-state index is 11.8. The molecule has 4 nitrogen and oxygen atoms in total. The van der Waals surface area contributed by atoms with E-state index >= 15 is 0 Å². The maximum atomic E-state index is 11.8. The van der Waals surface area contributed by atoms with Gasteiger partial charge in [-0.2, -0.15) is 0 Å². The van der Waals surface area contributed by atoms with Crippen LogP contribution in [0.15, 0.2) is 66.7 Å². The van der Waals surface area contributed by atoms with E-state index in [-0.39, 0.29) is 38.0 Å². The van der Waals surface area contributed by atoms with Crippen molar-refractivity contribution < 1.29 is 36.2 Å². The van der Waals surface area contributed by atoms with Gasteiger partial charge in [-0.3, -0.25) is 0 Å². The summed E-state index contributed by atoms with van der Waals surface area (Å²) in [4.78, 5) is 46.1. The molecule has 0 bridgehead atoms. The van der Waals surface area contributed by atoms with Gasteiger partial charge in [0.25, 0.3) is 0 Å². The zero-order valence-electron chi connectivity index (χ0n) is 14.7.